The van der Waals surface area contributed by atoms with E-state index in [2.05, 4.69) is 10.3 Å². The number of amides is 2. The number of nitrogens with two attached hydrogens (primary N) is 1. The summed E-state index contributed by atoms with van der Waals surface area (Å²) in [5, 5.41) is 2.65. The quantitative estimate of drug-likeness (QED) is 0.677. The molecule has 0 radical (unpaired) electrons. The van der Waals surface area contributed by atoms with Gasteiger partial charge in [-0.25, -0.2) is 4.98 Å². The number of hydrogen-bond acceptors (Lipinski definition) is 5. The van der Waals surface area contributed by atoms with Crippen molar-refractivity contribution in [2.45, 2.75) is 6.54 Å². The third-order valence-corrected chi connectivity index (χ3v) is 4.03. The Morgan fingerprint density at radius 2 is 1.79 bits per heavy atom. The summed E-state index contributed by atoms with van der Waals surface area (Å²) < 4.78 is 6.31. The number of aromatic nitrogens is 2. The van der Waals surface area contributed by atoms with Gasteiger partial charge in [-0.05, 0) is 48.5 Å². The number of methoxy groups -OCH3 is 1. The summed E-state index contributed by atoms with van der Waals surface area (Å²) in [5.74, 6) is -0.238. The molecule has 28 heavy (non-hydrogen) atoms. The smallest absolute Gasteiger partial charge is 0.254 e. The van der Waals surface area contributed by atoms with Crippen LogP contribution in [-0.4, -0.2) is 28.5 Å². The molecule has 0 unspecified atom stereocenters. The number of nitrogens with zero attached hydrogens (tertiary/aromatic N) is 2. The number of benzene rings is 2. The topological polar surface area (TPSA) is 116 Å². The SMILES string of the molecule is COc1ccc(-c2cc(=O)n(CC(=O)Nc3ccc(C(N)=O)cc3)cn2)cc1. The van der Waals surface area contributed by atoms with E-state index in [0.29, 0.717) is 22.7 Å². The molecule has 8 heteroatoms. The van der Waals surface area contributed by atoms with E-state index in [-0.39, 0.29) is 12.1 Å². The van der Waals surface area contributed by atoms with Crippen molar-refractivity contribution in [3.63, 3.8) is 0 Å². The summed E-state index contributed by atoms with van der Waals surface area (Å²) in [6.45, 7) is -0.188. The lowest BCUT2D eigenvalue weighted by Crippen LogP contribution is -2.27. The molecule has 1 heterocycles. The number of hydrogen-bond donors (Lipinski definition) is 2. The van der Waals surface area contributed by atoms with E-state index in [9.17, 15) is 14.4 Å². The molecule has 0 saturated carbocycles. The Labute approximate surface area is 160 Å². The molecule has 3 rings (SSSR count). The van der Waals surface area contributed by atoms with E-state index in [4.69, 9.17) is 10.5 Å². The van der Waals surface area contributed by atoms with Crippen LogP contribution in [0.15, 0.2) is 65.7 Å². The number of primary amides is 1. The molecule has 0 aliphatic rings. The van der Waals surface area contributed by atoms with Gasteiger partial charge in [0, 0.05) is 22.9 Å². The van der Waals surface area contributed by atoms with Gasteiger partial charge in [-0.1, -0.05) is 0 Å². The molecule has 8 nitrogen and oxygen atoms in total. The first-order valence-corrected chi connectivity index (χ1v) is 8.37. The first kappa shape index (κ1) is 18.8. The zero-order valence-electron chi connectivity index (χ0n) is 15.1. The van der Waals surface area contributed by atoms with Crippen LogP contribution in [0.1, 0.15) is 10.4 Å². The summed E-state index contributed by atoms with van der Waals surface area (Å²) in [6.07, 6.45) is 1.33. The second-order valence-electron chi connectivity index (χ2n) is 5.96. The van der Waals surface area contributed by atoms with Crippen molar-refractivity contribution in [3.8, 4) is 17.0 Å². The fourth-order valence-corrected chi connectivity index (χ4v) is 2.54. The monoisotopic (exact) mass is 378 g/mol. The molecule has 1 aromatic heterocycles. The molecule has 0 saturated heterocycles. The maximum absolute atomic E-state index is 12.3. The molecule has 3 aromatic rings. The van der Waals surface area contributed by atoms with E-state index < -0.39 is 11.8 Å². The standard InChI is InChI=1S/C20H18N4O4/c1-28-16-8-4-13(5-9-16)17-10-19(26)24(12-22-17)11-18(25)23-15-6-2-14(3-7-15)20(21)27/h2-10,12H,11H2,1H3,(H2,21,27)(H,23,25). The van der Waals surface area contributed by atoms with Gasteiger partial charge in [0.1, 0.15) is 12.3 Å². The first-order chi connectivity index (χ1) is 13.5. The normalized spacial score (nSPS) is 10.3. The van der Waals surface area contributed by atoms with Crippen LogP contribution in [0.4, 0.5) is 5.69 Å². The van der Waals surface area contributed by atoms with Crippen molar-refractivity contribution >= 4 is 17.5 Å². The lowest BCUT2D eigenvalue weighted by molar-refractivity contribution is -0.116. The van der Waals surface area contributed by atoms with Crippen LogP contribution in [0.2, 0.25) is 0 Å². The summed E-state index contributed by atoms with van der Waals surface area (Å²) in [5.41, 5.74) is 6.93. The average Bonchev–Trinajstić information content (AvgIpc) is 2.70. The van der Waals surface area contributed by atoms with Gasteiger partial charge in [0.25, 0.3) is 5.56 Å². The Morgan fingerprint density at radius 1 is 1.11 bits per heavy atom. The fraction of sp³-hybridized carbons (Fsp3) is 0.100. The van der Waals surface area contributed by atoms with Crippen molar-refractivity contribution in [1.82, 2.24) is 9.55 Å². The van der Waals surface area contributed by atoms with Gasteiger partial charge >= 0.3 is 0 Å². The van der Waals surface area contributed by atoms with E-state index in [1.165, 1.54) is 29.1 Å². The highest BCUT2D eigenvalue weighted by Gasteiger charge is 2.08. The Morgan fingerprint density at radius 3 is 2.36 bits per heavy atom. The van der Waals surface area contributed by atoms with Gasteiger partial charge in [0.2, 0.25) is 11.8 Å². The summed E-state index contributed by atoms with van der Waals surface area (Å²) in [4.78, 5) is 39.8. The minimum atomic E-state index is -0.549. The Hall–Kier alpha value is -3.94. The molecule has 3 N–H and O–H groups in total. The van der Waals surface area contributed by atoms with Crippen molar-refractivity contribution in [1.29, 1.82) is 0 Å². The van der Waals surface area contributed by atoms with Gasteiger partial charge in [-0.15, -0.1) is 0 Å². The van der Waals surface area contributed by atoms with Gasteiger partial charge in [0.15, 0.2) is 0 Å². The number of ether oxygens (including phenoxy) is 1. The van der Waals surface area contributed by atoms with Crippen LogP contribution < -0.4 is 21.3 Å². The minimum absolute atomic E-state index is 0.188. The zero-order chi connectivity index (χ0) is 20.1. The molecule has 142 valence electrons. The van der Waals surface area contributed by atoms with Crippen molar-refractivity contribution in [3.05, 3.63) is 76.8 Å². The van der Waals surface area contributed by atoms with Crippen molar-refractivity contribution in [2.75, 3.05) is 12.4 Å². The van der Waals surface area contributed by atoms with Crippen molar-refractivity contribution < 1.29 is 14.3 Å². The molecule has 0 fully saturated rings. The molecule has 0 atom stereocenters. The van der Waals surface area contributed by atoms with E-state index >= 15 is 0 Å². The second kappa shape index (κ2) is 8.17. The van der Waals surface area contributed by atoms with Crippen LogP contribution in [0.3, 0.4) is 0 Å². The van der Waals surface area contributed by atoms with Crippen LogP contribution >= 0.6 is 0 Å². The highest BCUT2D eigenvalue weighted by molar-refractivity contribution is 5.94. The maximum Gasteiger partial charge on any atom is 0.254 e. The average molecular weight is 378 g/mol. The minimum Gasteiger partial charge on any atom is -0.497 e. The van der Waals surface area contributed by atoms with Crippen molar-refractivity contribution in [2.24, 2.45) is 5.73 Å². The second-order valence-corrected chi connectivity index (χ2v) is 5.96. The first-order valence-electron chi connectivity index (χ1n) is 8.37. The molecule has 2 amide bonds. The van der Waals surface area contributed by atoms with Gasteiger partial charge < -0.3 is 15.8 Å². The predicted octanol–water partition coefficient (Wildman–Crippen LogP) is 1.66. The molecule has 0 bridgehead atoms. The number of anilines is 1. The third kappa shape index (κ3) is 4.42. The maximum atomic E-state index is 12.3. The molecule has 0 aliphatic heterocycles. The number of carbonyl (C=O) groups excluding carboxylic acids is 2. The van der Waals surface area contributed by atoms with E-state index in [1.807, 2.05) is 0 Å². The molecule has 0 aliphatic carbocycles. The highest BCUT2D eigenvalue weighted by atomic mass is 16.5. The van der Waals surface area contributed by atoms with Gasteiger partial charge in [-0.2, -0.15) is 0 Å². The predicted molar refractivity (Wildman–Crippen MR) is 104 cm³/mol. The lowest BCUT2D eigenvalue weighted by Gasteiger charge is -2.08. The third-order valence-electron chi connectivity index (χ3n) is 4.03. The van der Waals surface area contributed by atoms with E-state index in [1.54, 1.807) is 43.5 Å². The van der Waals surface area contributed by atoms with Crippen LogP contribution in [0.5, 0.6) is 5.75 Å². The highest BCUT2D eigenvalue weighted by Crippen LogP contribution is 2.19. The molecular formula is C20H18N4O4. The number of nitrogens with one attached hydrogen (secondary N) is 1. The van der Waals surface area contributed by atoms with Gasteiger partial charge in [-0.3, -0.25) is 19.0 Å². The van der Waals surface area contributed by atoms with Gasteiger partial charge in [0.05, 0.1) is 19.1 Å². The van der Waals surface area contributed by atoms with E-state index in [0.717, 1.165) is 5.56 Å². The zero-order valence-corrected chi connectivity index (χ0v) is 15.1. The summed E-state index contributed by atoms with van der Waals surface area (Å²) >= 11 is 0. The lowest BCUT2D eigenvalue weighted by atomic mass is 10.1. The number of rotatable bonds is 6. The van der Waals surface area contributed by atoms with Crippen LogP contribution in [-0.2, 0) is 11.3 Å². The molecule has 2 aromatic carbocycles. The van der Waals surface area contributed by atoms with Crippen LogP contribution in [0.25, 0.3) is 11.3 Å². The van der Waals surface area contributed by atoms with Crippen LogP contribution in [0, 0.1) is 0 Å². The fourth-order valence-electron chi connectivity index (χ4n) is 2.54. The summed E-state index contributed by atoms with van der Waals surface area (Å²) in [6, 6.07) is 14.7. The Kier molecular flexibility index (Phi) is 5.50. The largest absolute Gasteiger partial charge is 0.497 e. The summed E-state index contributed by atoms with van der Waals surface area (Å²) in [7, 11) is 1.57. The Bertz CT molecular complexity index is 1060. The number of carbonyl (C=O) groups is 2. The molecular weight excluding hydrogens is 360 g/mol. The molecule has 0 spiro atoms. The Balaban J connectivity index is 1.69.